The van der Waals surface area contributed by atoms with Crippen LogP contribution in [0.25, 0.3) is 0 Å². The average molecular weight is 195 g/mol. The lowest BCUT2D eigenvalue weighted by Gasteiger charge is -2.30. The Morgan fingerprint density at radius 2 is 1.93 bits per heavy atom. The number of anilines is 1. The SMILES string of the molecule is Cc1cccc(NC(N)(N)C(N)N)c1. The Morgan fingerprint density at radius 1 is 1.29 bits per heavy atom. The zero-order chi connectivity index (χ0) is 10.8. The Hall–Kier alpha value is -1.14. The van der Waals surface area contributed by atoms with Crippen LogP contribution in [-0.4, -0.2) is 12.0 Å². The first-order valence-electron chi connectivity index (χ1n) is 4.35. The first kappa shape index (κ1) is 10.9. The van der Waals surface area contributed by atoms with Crippen molar-refractivity contribution in [2.24, 2.45) is 22.9 Å². The van der Waals surface area contributed by atoms with E-state index in [-0.39, 0.29) is 0 Å². The highest BCUT2D eigenvalue weighted by Gasteiger charge is 2.24. The summed E-state index contributed by atoms with van der Waals surface area (Å²) < 4.78 is 0. The number of nitrogens with two attached hydrogens (primary N) is 4. The smallest absolute Gasteiger partial charge is 0.168 e. The lowest BCUT2D eigenvalue weighted by molar-refractivity contribution is 0.410. The molecular formula is C9H17N5. The molecule has 0 saturated carbocycles. The minimum atomic E-state index is -1.30. The maximum atomic E-state index is 5.66. The molecule has 0 aromatic heterocycles. The molecule has 0 amide bonds. The van der Waals surface area contributed by atoms with Gasteiger partial charge in [-0.1, -0.05) is 12.1 Å². The Balaban J connectivity index is 2.78. The van der Waals surface area contributed by atoms with Crippen LogP contribution in [0.3, 0.4) is 0 Å². The summed E-state index contributed by atoms with van der Waals surface area (Å²) in [4.78, 5) is 0. The molecule has 1 aromatic rings. The molecule has 0 aliphatic carbocycles. The minimum Gasteiger partial charge on any atom is -0.353 e. The molecule has 5 heteroatoms. The van der Waals surface area contributed by atoms with Gasteiger partial charge in [-0.2, -0.15) is 0 Å². The van der Waals surface area contributed by atoms with Crippen molar-refractivity contribution in [3.8, 4) is 0 Å². The number of hydrogen-bond donors (Lipinski definition) is 5. The summed E-state index contributed by atoms with van der Waals surface area (Å²) >= 11 is 0. The van der Waals surface area contributed by atoms with Crippen molar-refractivity contribution >= 4 is 5.69 Å². The van der Waals surface area contributed by atoms with E-state index in [9.17, 15) is 0 Å². The van der Waals surface area contributed by atoms with Crippen LogP contribution in [0, 0.1) is 6.92 Å². The fourth-order valence-electron chi connectivity index (χ4n) is 1.06. The van der Waals surface area contributed by atoms with E-state index in [0.29, 0.717) is 0 Å². The Kier molecular flexibility index (Phi) is 3.07. The van der Waals surface area contributed by atoms with Crippen molar-refractivity contribution in [2.75, 3.05) is 5.32 Å². The molecule has 0 radical (unpaired) electrons. The van der Waals surface area contributed by atoms with E-state index in [1.54, 1.807) is 0 Å². The van der Waals surface area contributed by atoms with Gasteiger partial charge in [0.05, 0.1) is 0 Å². The molecule has 0 aliphatic rings. The van der Waals surface area contributed by atoms with Gasteiger partial charge in [-0.05, 0) is 24.6 Å². The molecule has 9 N–H and O–H groups in total. The second kappa shape index (κ2) is 3.93. The number of hydrogen-bond acceptors (Lipinski definition) is 5. The predicted octanol–water partition coefficient (Wildman–Crippen LogP) is -0.778. The first-order chi connectivity index (χ1) is 6.42. The summed E-state index contributed by atoms with van der Waals surface area (Å²) in [5.41, 5.74) is 24.1. The van der Waals surface area contributed by atoms with Gasteiger partial charge in [-0.25, -0.2) is 0 Å². The normalized spacial score (nSPS) is 11.9. The fourth-order valence-corrected chi connectivity index (χ4v) is 1.06. The molecule has 0 fully saturated rings. The summed E-state index contributed by atoms with van der Waals surface area (Å²) in [6.45, 7) is 1.97. The number of benzene rings is 1. The van der Waals surface area contributed by atoms with Crippen LogP contribution < -0.4 is 28.3 Å². The van der Waals surface area contributed by atoms with Gasteiger partial charge in [-0.15, -0.1) is 0 Å². The van der Waals surface area contributed by atoms with Gasteiger partial charge in [0.25, 0.3) is 0 Å². The minimum absolute atomic E-state index is 0.802. The van der Waals surface area contributed by atoms with E-state index in [1.165, 1.54) is 0 Å². The molecule has 0 bridgehead atoms. The van der Waals surface area contributed by atoms with Crippen LogP contribution in [0.5, 0.6) is 0 Å². The third-order valence-electron chi connectivity index (χ3n) is 1.93. The Morgan fingerprint density at radius 3 is 2.43 bits per heavy atom. The van der Waals surface area contributed by atoms with Crippen LogP contribution in [0.2, 0.25) is 0 Å². The standard InChI is InChI=1S/C9H17N5/c1-6-3-2-4-7(5-6)14-9(12,13)8(10)11/h2-5,8,14H,10-13H2,1H3. The van der Waals surface area contributed by atoms with Gasteiger partial charge < -0.3 is 16.8 Å². The second-order valence-corrected chi connectivity index (χ2v) is 3.45. The molecule has 78 valence electrons. The third-order valence-corrected chi connectivity index (χ3v) is 1.93. The summed E-state index contributed by atoms with van der Waals surface area (Å²) in [7, 11) is 0. The molecule has 0 aliphatic heterocycles. The van der Waals surface area contributed by atoms with Crippen LogP contribution in [-0.2, 0) is 0 Å². The zero-order valence-corrected chi connectivity index (χ0v) is 8.20. The molecule has 1 rings (SSSR count). The molecule has 5 nitrogen and oxygen atoms in total. The Bertz CT molecular complexity index is 308. The van der Waals surface area contributed by atoms with Gasteiger partial charge in [0.1, 0.15) is 6.17 Å². The lowest BCUT2D eigenvalue weighted by atomic mass is 10.2. The first-order valence-corrected chi connectivity index (χ1v) is 4.35. The van der Waals surface area contributed by atoms with E-state index in [1.807, 2.05) is 31.2 Å². The highest BCUT2D eigenvalue weighted by Crippen LogP contribution is 2.11. The molecular weight excluding hydrogens is 178 g/mol. The molecule has 0 spiro atoms. The van der Waals surface area contributed by atoms with Crippen molar-refractivity contribution in [2.45, 2.75) is 18.9 Å². The number of aryl methyl sites for hydroxylation is 1. The van der Waals surface area contributed by atoms with E-state index in [0.717, 1.165) is 11.3 Å². The van der Waals surface area contributed by atoms with Crippen molar-refractivity contribution in [3.05, 3.63) is 29.8 Å². The Labute approximate surface area is 83.4 Å². The summed E-state index contributed by atoms with van der Waals surface area (Å²) in [5, 5.41) is 2.86. The van der Waals surface area contributed by atoms with Crippen LogP contribution in [0.15, 0.2) is 24.3 Å². The number of nitrogens with one attached hydrogen (secondary N) is 1. The van der Waals surface area contributed by atoms with Crippen molar-refractivity contribution in [1.82, 2.24) is 0 Å². The molecule has 0 atom stereocenters. The molecule has 0 saturated heterocycles. The second-order valence-electron chi connectivity index (χ2n) is 3.45. The van der Waals surface area contributed by atoms with Crippen molar-refractivity contribution in [3.63, 3.8) is 0 Å². The maximum Gasteiger partial charge on any atom is 0.168 e. The maximum absolute atomic E-state index is 5.66. The van der Waals surface area contributed by atoms with Gasteiger partial charge in [0.15, 0.2) is 5.79 Å². The van der Waals surface area contributed by atoms with Crippen LogP contribution >= 0.6 is 0 Å². The van der Waals surface area contributed by atoms with Gasteiger partial charge >= 0.3 is 0 Å². The van der Waals surface area contributed by atoms with Gasteiger partial charge in [-0.3, -0.25) is 11.5 Å². The largest absolute Gasteiger partial charge is 0.353 e. The summed E-state index contributed by atoms with van der Waals surface area (Å²) in [5.74, 6) is -1.30. The lowest BCUT2D eigenvalue weighted by Crippen LogP contribution is -2.70. The van der Waals surface area contributed by atoms with E-state index < -0.39 is 12.0 Å². The van der Waals surface area contributed by atoms with Crippen molar-refractivity contribution in [1.29, 1.82) is 0 Å². The van der Waals surface area contributed by atoms with E-state index in [2.05, 4.69) is 5.32 Å². The highest BCUT2D eigenvalue weighted by molar-refractivity contribution is 5.47. The predicted molar refractivity (Wildman–Crippen MR) is 58.1 cm³/mol. The van der Waals surface area contributed by atoms with E-state index in [4.69, 9.17) is 22.9 Å². The molecule has 0 unspecified atom stereocenters. The van der Waals surface area contributed by atoms with Crippen LogP contribution in [0.1, 0.15) is 5.56 Å². The van der Waals surface area contributed by atoms with Crippen molar-refractivity contribution < 1.29 is 0 Å². The fraction of sp³-hybridized carbons (Fsp3) is 0.333. The topological polar surface area (TPSA) is 116 Å². The summed E-state index contributed by atoms with van der Waals surface area (Å²) in [6, 6.07) is 7.64. The molecule has 0 heterocycles. The molecule has 14 heavy (non-hydrogen) atoms. The van der Waals surface area contributed by atoms with Gasteiger partial charge in [0.2, 0.25) is 0 Å². The molecule has 1 aromatic carbocycles. The monoisotopic (exact) mass is 195 g/mol. The number of rotatable bonds is 3. The quantitative estimate of drug-likeness (QED) is 0.406. The summed E-state index contributed by atoms with van der Waals surface area (Å²) in [6.07, 6.45) is -0.831. The van der Waals surface area contributed by atoms with Crippen LogP contribution in [0.4, 0.5) is 5.69 Å². The zero-order valence-electron chi connectivity index (χ0n) is 8.20. The third kappa shape index (κ3) is 2.68. The van der Waals surface area contributed by atoms with E-state index >= 15 is 0 Å². The average Bonchev–Trinajstić information content (AvgIpc) is 2.02. The highest BCUT2D eigenvalue weighted by atomic mass is 15.3. The van der Waals surface area contributed by atoms with Gasteiger partial charge in [0, 0.05) is 5.69 Å².